The number of nitrogens with one attached hydrogen (secondary N) is 2. The van der Waals surface area contributed by atoms with E-state index < -0.39 is 10.0 Å². The minimum absolute atomic E-state index is 0.134. The number of nitrogens with zero attached hydrogens (tertiary/aromatic N) is 1. The van der Waals surface area contributed by atoms with Gasteiger partial charge in [-0.05, 0) is 81.9 Å². The molecular weight excluding hydrogens is 386 g/mol. The Bertz CT molecular complexity index is 804. The Balaban J connectivity index is 1.24. The van der Waals surface area contributed by atoms with E-state index in [4.69, 9.17) is 0 Å². The van der Waals surface area contributed by atoms with Crippen LogP contribution in [-0.4, -0.2) is 51.4 Å². The lowest BCUT2D eigenvalue weighted by Crippen LogP contribution is -2.47. The van der Waals surface area contributed by atoms with E-state index in [1.54, 1.807) is 12.1 Å². The number of sulfonamides is 1. The predicted octanol–water partition coefficient (Wildman–Crippen LogP) is 2.29. The third kappa shape index (κ3) is 5.80. The van der Waals surface area contributed by atoms with Crippen LogP contribution in [0.1, 0.15) is 44.1 Å². The zero-order valence-electron chi connectivity index (χ0n) is 17.3. The molecule has 1 aromatic carbocycles. The van der Waals surface area contributed by atoms with E-state index in [9.17, 15) is 13.2 Å². The summed E-state index contributed by atoms with van der Waals surface area (Å²) in [6, 6.07) is 7.30. The van der Waals surface area contributed by atoms with Gasteiger partial charge in [-0.2, -0.15) is 0 Å². The van der Waals surface area contributed by atoms with Crippen molar-refractivity contribution in [3.63, 3.8) is 0 Å². The Labute approximate surface area is 174 Å². The van der Waals surface area contributed by atoms with E-state index in [1.807, 2.05) is 19.1 Å². The van der Waals surface area contributed by atoms with Crippen molar-refractivity contribution in [2.24, 2.45) is 17.8 Å². The summed E-state index contributed by atoms with van der Waals surface area (Å²) in [5.74, 6) is 1.78. The maximum atomic E-state index is 12.6. The Morgan fingerprint density at radius 2 is 1.76 bits per heavy atom. The second-order valence-corrected chi connectivity index (χ2v) is 10.9. The van der Waals surface area contributed by atoms with Crippen molar-refractivity contribution < 1.29 is 13.2 Å². The van der Waals surface area contributed by atoms with Gasteiger partial charge < -0.3 is 5.32 Å². The summed E-state index contributed by atoms with van der Waals surface area (Å²) in [4.78, 5) is 15.0. The maximum Gasteiger partial charge on any atom is 0.240 e. The number of benzene rings is 1. The highest BCUT2D eigenvalue weighted by atomic mass is 32.2. The number of aryl methyl sites for hydroxylation is 1. The van der Waals surface area contributed by atoms with Gasteiger partial charge in [0.05, 0.1) is 11.4 Å². The largest absolute Gasteiger partial charge is 0.352 e. The van der Waals surface area contributed by atoms with Crippen LogP contribution in [0.5, 0.6) is 0 Å². The normalized spacial score (nSPS) is 23.3. The van der Waals surface area contributed by atoms with Gasteiger partial charge in [-0.3, -0.25) is 9.69 Å². The highest BCUT2D eigenvalue weighted by molar-refractivity contribution is 7.89. The minimum atomic E-state index is -3.49. The number of rotatable bonds is 9. The molecule has 0 bridgehead atoms. The van der Waals surface area contributed by atoms with Gasteiger partial charge in [-0.15, -0.1) is 0 Å². The molecule has 1 unspecified atom stereocenters. The molecule has 0 radical (unpaired) electrons. The average molecular weight is 420 g/mol. The fraction of sp³-hybridized carbons (Fsp3) is 0.682. The number of amides is 1. The Morgan fingerprint density at radius 1 is 1.10 bits per heavy atom. The van der Waals surface area contributed by atoms with Crippen molar-refractivity contribution in [2.75, 3.05) is 26.2 Å². The van der Waals surface area contributed by atoms with Crippen LogP contribution < -0.4 is 10.0 Å². The quantitative estimate of drug-likeness (QED) is 0.644. The molecule has 0 spiro atoms. The van der Waals surface area contributed by atoms with Crippen LogP contribution in [0.25, 0.3) is 0 Å². The summed E-state index contributed by atoms with van der Waals surface area (Å²) in [6.07, 6.45) is 7.02. The standard InChI is InChI=1S/C22H33N3O3S/c1-16-4-10-20(11-5-16)29(27,28)23-13-17-3-2-12-25(14-17)15-21(26)24-22(18-6-7-18)19-8-9-19/h4-5,10-11,17-19,22-23H,2-3,6-9,12-15H2,1H3,(H,24,26). The van der Waals surface area contributed by atoms with Crippen molar-refractivity contribution in [2.45, 2.75) is 56.4 Å². The molecule has 29 heavy (non-hydrogen) atoms. The summed E-state index contributed by atoms with van der Waals surface area (Å²) in [5.41, 5.74) is 1.04. The summed E-state index contributed by atoms with van der Waals surface area (Å²) < 4.78 is 27.8. The van der Waals surface area contributed by atoms with Crippen LogP contribution >= 0.6 is 0 Å². The van der Waals surface area contributed by atoms with Crippen molar-refractivity contribution in [3.05, 3.63) is 29.8 Å². The average Bonchev–Trinajstić information content (AvgIpc) is 3.59. The number of hydrogen-bond donors (Lipinski definition) is 2. The molecule has 7 heteroatoms. The molecule has 1 atom stereocenters. The third-order valence-electron chi connectivity index (χ3n) is 6.45. The van der Waals surface area contributed by atoms with Crippen LogP contribution in [0.4, 0.5) is 0 Å². The van der Waals surface area contributed by atoms with E-state index in [-0.39, 0.29) is 11.8 Å². The van der Waals surface area contributed by atoms with Crippen LogP contribution in [0.3, 0.4) is 0 Å². The van der Waals surface area contributed by atoms with Crippen LogP contribution in [0.15, 0.2) is 29.2 Å². The van der Waals surface area contributed by atoms with E-state index in [2.05, 4.69) is 14.9 Å². The molecule has 160 valence electrons. The van der Waals surface area contributed by atoms with Crippen molar-refractivity contribution >= 4 is 15.9 Å². The van der Waals surface area contributed by atoms with Gasteiger partial charge in [-0.1, -0.05) is 17.7 Å². The first kappa shape index (κ1) is 20.8. The lowest BCUT2D eigenvalue weighted by atomic mass is 9.98. The second-order valence-electron chi connectivity index (χ2n) is 9.18. The number of piperidine rings is 1. The number of carbonyl (C=O) groups is 1. The van der Waals surface area contributed by atoms with Gasteiger partial charge in [0.2, 0.25) is 15.9 Å². The monoisotopic (exact) mass is 419 g/mol. The second kappa shape index (κ2) is 8.74. The fourth-order valence-corrected chi connectivity index (χ4v) is 5.57. The van der Waals surface area contributed by atoms with Gasteiger partial charge >= 0.3 is 0 Å². The topological polar surface area (TPSA) is 78.5 Å². The molecule has 2 N–H and O–H groups in total. The molecule has 0 aromatic heterocycles. The third-order valence-corrected chi connectivity index (χ3v) is 7.89. The van der Waals surface area contributed by atoms with E-state index in [1.165, 1.54) is 25.7 Å². The zero-order chi connectivity index (χ0) is 20.4. The van der Waals surface area contributed by atoms with E-state index in [0.29, 0.717) is 35.9 Å². The van der Waals surface area contributed by atoms with Gasteiger partial charge in [-0.25, -0.2) is 13.1 Å². The lowest BCUT2D eigenvalue weighted by Gasteiger charge is -2.32. The molecule has 1 aromatic rings. The van der Waals surface area contributed by atoms with Crippen molar-refractivity contribution in [1.82, 2.24) is 14.9 Å². The molecule has 1 heterocycles. The van der Waals surface area contributed by atoms with Crippen LogP contribution in [0.2, 0.25) is 0 Å². The molecule has 1 aliphatic heterocycles. The van der Waals surface area contributed by atoms with Crippen molar-refractivity contribution in [3.8, 4) is 0 Å². The molecule has 3 fully saturated rings. The summed E-state index contributed by atoms with van der Waals surface area (Å²) in [6.45, 7) is 4.46. The summed E-state index contributed by atoms with van der Waals surface area (Å²) in [7, 11) is -3.49. The van der Waals surface area contributed by atoms with Gasteiger partial charge in [0, 0.05) is 19.1 Å². The molecule has 2 aliphatic carbocycles. The van der Waals surface area contributed by atoms with E-state index in [0.717, 1.165) is 31.5 Å². The predicted molar refractivity (Wildman–Crippen MR) is 113 cm³/mol. The molecule has 2 saturated carbocycles. The van der Waals surface area contributed by atoms with Crippen molar-refractivity contribution in [1.29, 1.82) is 0 Å². The minimum Gasteiger partial charge on any atom is -0.352 e. The Hall–Kier alpha value is -1.44. The van der Waals surface area contributed by atoms with Gasteiger partial charge in [0.1, 0.15) is 0 Å². The summed E-state index contributed by atoms with van der Waals surface area (Å²) in [5, 5.41) is 3.29. The maximum absolute atomic E-state index is 12.6. The van der Waals surface area contributed by atoms with Gasteiger partial charge in [0.25, 0.3) is 0 Å². The number of hydrogen-bond acceptors (Lipinski definition) is 4. The summed E-state index contributed by atoms with van der Waals surface area (Å²) >= 11 is 0. The molecule has 3 aliphatic rings. The first-order valence-electron chi connectivity index (χ1n) is 11.0. The van der Waals surface area contributed by atoms with E-state index >= 15 is 0 Å². The Morgan fingerprint density at radius 3 is 2.38 bits per heavy atom. The zero-order valence-corrected chi connectivity index (χ0v) is 18.1. The number of likely N-dealkylation sites (tertiary alicyclic amines) is 1. The number of carbonyl (C=O) groups excluding carboxylic acids is 1. The molecule has 1 amide bonds. The SMILES string of the molecule is Cc1ccc(S(=O)(=O)NCC2CCCN(CC(=O)NC(C3CC3)C3CC3)C2)cc1. The molecule has 1 saturated heterocycles. The molecule has 6 nitrogen and oxygen atoms in total. The Kier molecular flexibility index (Phi) is 6.27. The molecular formula is C22H33N3O3S. The molecule has 4 rings (SSSR count). The fourth-order valence-electron chi connectivity index (χ4n) is 4.46. The first-order chi connectivity index (χ1) is 13.9. The first-order valence-corrected chi connectivity index (χ1v) is 12.5. The van der Waals surface area contributed by atoms with Crippen LogP contribution in [-0.2, 0) is 14.8 Å². The highest BCUT2D eigenvalue weighted by Crippen LogP contribution is 2.44. The lowest BCUT2D eigenvalue weighted by molar-refractivity contribution is -0.123. The smallest absolute Gasteiger partial charge is 0.240 e. The highest BCUT2D eigenvalue weighted by Gasteiger charge is 2.42. The van der Waals surface area contributed by atoms with Gasteiger partial charge in [0.15, 0.2) is 0 Å². The van der Waals surface area contributed by atoms with Crippen LogP contribution in [0, 0.1) is 24.7 Å².